The molecule has 0 aliphatic heterocycles. The van der Waals surface area contributed by atoms with Crippen molar-refractivity contribution in [3.05, 3.63) is 36.5 Å². The number of nitrogens with zero attached hydrogens (tertiary/aromatic N) is 4. The van der Waals surface area contributed by atoms with E-state index in [9.17, 15) is 8.42 Å². The Morgan fingerprint density at radius 1 is 1.35 bits per heavy atom. The Labute approximate surface area is 103 Å². The van der Waals surface area contributed by atoms with Crippen LogP contribution in [0.1, 0.15) is 5.56 Å². The number of aryl methyl sites for hydroxylation is 1. The van der Waals surface area contributed by atoms with Gasteiger partial charge in [0.25, 0.3) is 0 Å². The molecule has 0 atom stereocenters. The van der Waals surface area contributed by atoms with E-state index in [1.54, 1.807) is 18.3 Å². The van der Waals surface area contributed by atoms with Crippen molar-refractivity contribution in [1.82, 2.24) is 19.7 Å². The van der Waals surface area contributed by atoms with Crippen LogP contribution in [0.4, 0.5) is 0 Å². The Bertz CT molecular complexity index is 580. The van der Waals surface area contributed by atoms with Crippen molar-refractivity contribution < 1.29 is 8.42 Å². The largest absolute Gasteiger partial charge is 0.237 e. The molecule has 0 fully saturated rings. The molecule has 0 spiro atoms. The molecule has 90 valence electrons. The maximum atomic E-state index is 10.8. The molecule has 0 bridgehead atoms. The van der Waals surface area contributed by atoms with Crippen molar-refractivity contribution in [2.75, 3.05) is 5.75 Å². The van der Waals surface area contributed by atoms with Crippen LogP contribution >= 0.6 is 10.7 Å². The van der Waals surface area contributed by atoms with E-state index in [2.05, 4.69) is 15.1 Å². The molecule has 0 saturated heterocycles. The minimum absolute atomic E-state index is 0.0983. The smallest absolute Gasteiger partial charge is 0.232 e. The second-order valence-corrected chi connectivity index (χ2v) is 6.25. The summed E-state index contributed by atoms with van der Waals surface area (Å²) in [6, 6.07) is 3.52. The predicted molar refractivity (Wildman–Crippen MR) is 62.5 cm³/mol. The monoisotopic (exact) mass is 272 g/mol. The second-order valence-electron chi connectivity index (χ2n) is 3.36. The van der Waals surface area contributed by atoms with Crippen LogP contribution in [0.5, 0.6) is 0 Å². The summed E-state index contributed by atoms with van der Waals surface area (Å²) in [6.45, 7) is 0. The van der Waals surface area contributed by atoms with Gasteiger partial charge in [-0.25, -0.2) is 23.1 Å². The summed E-state index contributed by atoms with van der Waals surface area (Å²) in [4.78, 5) is 7.95. The lowest BCUT2D eigenvalue weighted by molar-refractivity contribution is 0.609. The fraction of sp³-hybridized carbons (Fsp3) is 0.222. The molecule has 0 N–H and O–H groups in total. The number of hydrogen-bond acceptors (Lipinski definition) is 5. The minimum Gasteiger partial charge on any atom is -0.237 e. The first-order chi connectivity index (χ1) is 8.04. The highest BCUT2D eigenvalue weighted by Crippen LogP contribution is 2.07. The molecule has 0 radical (unpaired) electrons. The SMILES string of the molecule is O=S(=O)(Cl)CCc1ccc(-n2cncn2)nc1. The number of aromatic nitrogens is 4. The number of hydrogen-bond donors (Lipinski definition) is 0. The molecule has 6 nitrogen and oxygen atoms in total. The van der Waals surface area contributed by atoms with E-state index in [-0.39, 0.29) is 5.75 Å². The van der Waals surface area contributed by atoms with E-state index in [4.69, 9.17) is 10.7 Å². The van der Waals surface area contributed by atoms with Crippen LogP contribution in [0.25, 0.3) is 5.82 Å². The fourth-order valence-corrected chi connectivity index (χ4v) is 1.98. The highest BCUT2D eigenvalue weighted by Gasteiger charge is 2.06. The highest BCUT2D eigenvalue weighted by molar-refractivity contribution is 8.13. The number of pyridine rings is 1. The average Bonchev–Trinajstić information content (AvgIpc) is 2.79. The van der Waals surface area contributed by atoms with Gasteiger partial charge in [0, 0.05) is 16.9 Å². The molecule has 0 saturated carbocycles. The first-order valence-electron chi connectivity index (χ1n) is 4.77. The predicted octanol–water partition coefficient (Wildman–Crippen LogP) is 0.773. The summed E-state index contributed by atoms with van der Waals surface area (Å²) in [7, 11) is 1.67. The Balaban J connectivity index is 2.09. The van der Waals surface area contributed by atoms with Gasteiger partial charge in [0.1, 0.15) is 12.7 Å². The molecule has 8 heteroatoms. The van der Waals surface area contributed by atoms with Gasteiger partial charge >= 0.3 is 0 Å². The van der Waals surface area contributed by atoms with E-state index < -0.39 is 9.05 Å². The third-order valence-corrected chi connectivity index (χ3v) is 3.25. The lowest BCUT2D eigenvalue weighted by Gasteiger charge is -2.01. The van der Waals surface area contributed by atoms with Gasteiger partial charge in [0.05, 0.1) is 5.75 Å². The van der Waals surface area contributed by atoms with Gasteiger partial charge in [-0.2, -0.15) is 5.10 Å². The highest BCUT2D eigenvalue weighted by atomic mass is 35.7. The van der Waals surface area contributed by atoms with Crippen molar-refractivity contribution in [3.8, 4) is 5.82 Å². The Hall–Kier alpha value is -1.47. The molecular weight excluding hydrogens is 264 g/mol. The van der Waals surface area contributed by atoms with E-state index >= 15 is 0 Å². The molecule has 0 aliphatic rings. The lowest BCUT2D eigenvalue weighted by Crippen LogP contribution is -2.03. The topological polar surface area (TPSA) is 77.7 Å². The van der Waals surface area contributed by atoms with Gasteiger partial charge in [0.15, 0.2) is 5.82 Å². The first-order valence-corrected chi connectivity index (χ1v) is 7.25. The number of rotatable bonds is 4. The number of halogens is 1. The molecule has 2 heterocycles. The quantitative estimate of drug-likeness (QED) is 0.769. The van der Waals surface area contributed by atoms with Crippen LogP contribution in [0.15, 0.2) is 31.0 Å². The summed E-state index contributed by atoms with van der Waals surface area (Å²) >= 11 is 0. The first kappa shape index (κ1) is 12.0. The summed E-state index contributed by atoms with van der Waals surface area (Å²) in [6.07, 6.45) is 4.89. The maximum absolute atomic E-state index is 10.8. The fourth-order valence-electron chi connectivity index (χ4n) is 1.27. The van der Waals surface area contributed by atoms with Crippen LogP contribution < -0.4 is 0 Å². The minimum atomic E-state index is -3.46. The van der Waals surface area contributed by atoms with E-state index in [0.717, 1.165) is 5.56 Å². The van der Waals surface area contributed by atoms with Gasteiger partial charge in [-0.3, -0.25) is 0 Å². The molecule has 0 amide bonds. The molecule has 2 rings (SSSR count). The second kappa shape index (κ2) is 4.80. The van der Waals surface area contributed by atoms with E-state index in [1.807, 2.05) is 0 Å². The van der Waals surface area contributed by atoms with Gasteiger partial charge in [0.2, 0.25) is 9.05 Å². The van der Waals surface area contributed by atoms with Gasteiger partial charge in [-0.05, 0) is 18.1 Å². The normalized spacial score (nSPS) is 11.6. The van der Waals surface area contributed by atoms with Gasteiger partial charge < -0.3 is 0 Å². The van der Waals surface area contributed by atoms with Crippen LogP contribution in [-0.2, 0) is 15.5 Å². The standard InChI is InChI=1S/C9H9ClN4O2S/c10-17(15,16)4-3-8-1-2-9(12-5-8)14-7-11-6-13-14/h1-2,5-7H,3-4H2. The summed E-state index contributed by atoms with van der Waals surface area (Å²) in [5.74, 6) is 0.527. The van der Waals surface area contributed by atoms with Crippen molar-refractivity contribution in [3.63, 3.8) is 0 Å². The Kier molecular flexibility index (Phi) is 3.39. The van der Waals surface area contributed by atoms with Gasteiger partial charge in [-0.1, -0.05) is 6.07 Å². The van der Waals surface area contributed by atoms with Crippen molar-refractivity contribution in [1.29, 1.82) is 0 Å². The molecule has 0 aromatic carbocycles. The summed E-state index contributed by atoms with van der Waals surface area (Å²) < 4.78 is 23.1. The molecule has 2 aromatic heterocycles. The molecule has 0 aliphatic carbocycles. The molecule has 0 unspecified atom stereocenters. The third kappa shape index (κ3) is 3.50. The van der Waals surface area contributed by atoms with Gasteiger partial charge in [-0.15, -0.1) is 0 Å². The van der Waals surface area contributed by atoms with E-state index in [1.165, 1.54) is 17.3 Å². The summed E-state index contributed by atoms with van der Waals surface area (Å²) in [5, 5.41) is 3.93. The lowest BCUT2D eigenvalue weighted by atomic mass is 10.2. The van der Waals surface area contributed by atoms with Crippen LogP contribution in [-0.4, -0.2) is 33.9 Å². The zero-order valence-electron chi connectivity index (χ0n) is 8.69. The molecular formula is C9H9ClN4O2S. The van der Waals surface area contributed by atoms with Crippen molar-refractivity contribution in [2.24, 2.45) is 0 Å². The zero-order valence-corrected chi connectivity index (χ0v) is 10.3. The average molecular weight is 273 g/mol. The molecule has 17 heavy (non-hydrogen) atoms. The van der Waals surface area contributed by atoms with Crippen LogP contribution in [0.2, 0.25) is 0 Å². The van der Waals surface area contributed by atoms with Crippen molar-refractivity contribution in [2.45, 2.75) is 6.42 Å². The third-order valence-electron chi connectivity index (χ3n) is 2.10. The summed E-state index contributed by atoms with van der Waals surface area (Å²) in [5.41, 5.74) is 0.804. The zero-order chi connectivity index (χ0) is 12.3. The van der Waals surface area contributed by atoms with Crippen molar-refractivity contribution >= 4 is 19.7 Å². The van der Waals surface area contributed by atoms with Crippen LogP contribution in [0.3, 0.4) is 0 Å². The Morgan fingerprint density at radius 3 is 2.71 bits per heavy atom. The maximum Gasteiger partial charge on any atom is 0.232 e. The van der Waals surface area contributed by atoms with Crippen LogP contribution in [0, 0.1) is 0 Å². The molecule has 2 aromatic rings. The Morgan fingerprint density at radius 2 is 2.18 bits per heavy atom. The van der Waals surface area contributed by atoms with E-state index in [0.29, 0.717) is 12.2 Å².